The lowest BCUT2D eigenvalue weighted by Gasteiger charge is -2.48. The van der Waals surface area contributed by atoms with E-state index in [1.165, 1.54) is 18.5 Å². The molecule has 2 saturated carbocycles. The smallest absolute Gasteiger partial charge is 0.343 e. The number of quaternary nitrogens is 1. The normalized spacial score (nSPS) is 32.3. The Labute approximate surface area is 337 Å². The minimum absolute atomic E-state index is 0.0860. The molecule has 0 radical (unpaired) electrons. The fraction of sp³-hybridized carbons (Fsp3) is 0.675. The number of nitrogens with one attached hydrogen (secondary N) is 2. The highest BCUT2D eigenvalue weighted by Gasteiger charge is 2.57. The number of aliphatic hydroxyl groups excluding tert-OH is 4. The van der Waals surface area contributed by atoms with Crippen molar-refractivity contribution in [3.05, 3.63) is 59.7 Å². The molecular weight excluding hydrogens is 760 g/mol. The van der Waals surface area contributed by atoms with Crippen molar-refractivity contribution < 1.29 is 73.9 Å². The van der Waals surface area contributed by atoms with Gasteiger partial charge in [-0.05, 0) is 57.8 Å². The quantitative estimate of drug-likeness (QED) is 0.0207. The van der Waals surface area contributed by atoms with Gasteiger partial charge in [0.2, 0.25) is 12.1 Å². The first-order valence-electron chi connectivity index (χ1n) is 20.1. The van der Waals surface area contributed by atoms with E-state index in [-0.39, 0.29) is 67.2 Å². The Kier molecular flexibility index (Phi) is 15.7. The Morgan fingerprint density at radius 3 is 2.53 bits per heavy atom. The summed E-state index contributed by atoms with van der Waals surface area (Å²) in [6.07, 6.45) is 5.82. The third kappa shape index (κ3) is 10.5. The molecule has 2 aliphatic carbocycles. The summed E-state index contributed by atoms with van der Waals surface area (Å²) in [5.41, 5.74) is 6.87. The van der Waals surface area contributed by atoms with Crippen molar-refractivity contribution in [2.45, 2.75) is 114 Å². The topological polar surface area (TPSA) is 277 Å². The number of carboxylic acid groups (broad SMARTS) is 1. The fourth-order valence-corrected chi connectivity index (χ4v) is 8.59. The maximum Gasteiger partial charge on any atom is 0.343 e. The summed E-state index contributed by atoms with van der Waals surface area (Å²) in [4.78, 5) is 31.5. The zero-order valence-electron chi connectivity index (χ0n) is 33.2. The number of carbonyl (C=O) groups is 2. The van der Waals surface area contributed by atoms with Crippen LogP contribution in [0.5, 0.6) is 0 Å². The van der Waals surface area contributed by atoms with Gasteiger partial charge >= 0.3 is 11.9 Å². The molecule has 1 spiro atoms. The maximum absolute atomic E-state index is 14.1. The van der Waals surface area contributed by atoms with Gasteiger partial charge in [0.25, 0.3) is 0 Å². The molecular formula is C40H61N4O14+. The molecule has 9 atom stereocenters. The highest BCUT2D eigenvalue weighted by Crippen LogP contribution is 2.51. The van der Waals surface area contributed by atoms with Crippen LogP contribution in [0.15, 0.2) is 64.7 Å². The van der Waals surface area contributed by atoms with Gasteiger partial charge in [-0.3, -0.25) is 4.99 Å². The third-order valence-corrected chi connectivity index (χ3v) is 11.5. The molecule has 11 N–H and O–H groups in total. The molecule has 3 fully saturated rings. The van der Waals surface area contributed by atoms with Gasteiger partial charge < -0.3 is 75.4 Å². The van der Waals surface area contributed by atoms with E-state index < -0.39 is 73.2 Å². The summed E-state index contributed by atoms with van der Waals surface area (Å²) in [6, 6.07) is 0. The number of aliphatic hydroxyl groups is 6. The summed E-state index contributed by atoms with van der Waals surface area (Å²) in [5, 5.41) is 74.7. The van der Waals surface area contributed by atoms with Crippen molar-refractivity contribution >= 4 is 17.9 Å². The number of carbonyl (C=O) groups excluding carboxylic acids is 1. The van der Waals surface area contributed by atoms with Crippen molar-refractivity contribution in [1.82, 2.24) is 5.32 Å². The predicted octanol–water partition coefficient (Wildman–Crippen LogP) is -1.17. The Morgan fingerprint density at radius 1 is 1.16 bits per heavy atom. The molecule has 0 aromatic carbocycles. The molecule has 1 saturated heterocycles. The van der Waals surface area contributed by atoms with Crippen molar-refractivity contribution in [3.63, 3.8) is 0 Å². The van der Waals surface area contributed by atoms with E-state index in [1.807, 2.05) is 0 Å². The van der Waals surface area contributed by atoms with Crippen molar-refractivity contribution in [2.75, 3.05) is 39.5 Å². The molecule has 0 aromatic heterocycles. The maximum atomic E-state index is 14.1. The minimum atomic E-state index is -2.92. The van der Waals surface area contributed by atoms with Crippen molar-refractivity contribution in [1.29, 1.82) is 0 Å². The Hall–Kier alpha value is -3.69. The van der Waals surface area contributed by atoms with Gasteiger partial charge in [-0.1, -0.05) is 31.1 Å². The molecule has 18 nitrogen and oxygen atoms in total. The second kappa shape index (κ2) is 20.0. The lowest BCUT2D eigenvalue weighted by molar-refractivity contribution is -0.843. The van der Waals surface area contributed by atoms with E-state index in [4.69, 9.17) is 29.4 Å². The monoisotopic (exact) mass is 821 g/mol. The van der Waals surface area contributed by atoms with Crippen LogP contribution in [0.3, 0.4) is 0 Å². The van der Waals surface area contributed by atoms with Gasteiger partial charge in [-0.2, -0.15) is 0 Å². The first-order chi connectivity index (χ1) is 27.7. The molecule has 5 rings (SSSR count). The van der Waals surface area contributed by atoms with Crippen LogP contribution in [-0.2, 0) is 33.3 Å². The highest BCUT2D eigenvalue weighted by molar-refractivity contribution is 5.94. The summed E-state index contributed by atoms with van der Waals surface area (Å²) in [5.74, 6) is -6.69. The number of hydrogen-bond acceptors (Lipinski definition) is 14. The van der Waals surface area contributed by atoms with Crippen LogP contribution < -0.4 is 16.0 Å². The molecule has 324 valence electrons. The third-order valence-electron chi connectivity index (χ3n) is 11.5. The average molecular weight is 822 g/mol. The molecule has 0 amide bonds. The Balaban J connectivity index is 1.53. The lowest BCUT2D eigenvalue weighted by Crippen LogP contribution is -3.09. The van der Waals surface area contributed by atoms with Crippen molar-refractivity contribution in [2.24, 2.45) is 28.0 Å². The molecule has 3 heterocycles. The van der Waals surface area contributed by atoms with E-state index >= 15 is 0 Å². The number of ether oxygens (including phenoxy) is 5. The van der Waals surface area contributed by atoms with E-state index in [0.29, 0.717) is 16.9 Å². The van der Waals surface area contributed by atoms with Crippen LogP contribution >= 0.6 is 0 Å². The van der Waals surface area contributed by atoms with E-state index in [2.05, 4.69) is 16.9 Å². The van der Waals surface area contributed by atoms with Crippen LogP contribution in [0.25, 0.3) is 0 Å². The van der Waals surface area contributed by atoms with Gasteiger partial charge in [0, 0.05) is 24.6 Å². The summed E-state index contributed by atoms with van der Waals surface area (Å²) >= 11 is 0. The summed E-state index contributed by atoms with van der Waals surface area (Å²) in [6.45, 7) is 6.70. The second-order valence-electron chi connectivity index (χ2n) is 16.0. The van der Waals surface area contributed by atoms with Crippen LogP contribution in [0.1, 0.15) is 65.2 Å². The van der Waals surface area contributed by atoms with Gasteiger partial charge in [0.1, 0.15) is 43.2 Å². The molecule has 18 heteroatoms. The van der Waals surface area contributed by atoms with E-state index in [0.717, 1.165) is 44.9 Å². The van der Waals surface area contributed by atoms with Crippen LogP contribution in [-0.4, -0.2) is 142 Å². The van der Waals surface area contributed by atoms with Gasteiger partial charge in [0.05, 0.1) is 42.8 Å². The Morgan fingerprint density at radius 2 is 1.90 bits per heavy atom. The van der Waals surface area contributed by atoms with Crippen LogP contribution in [0, 0.1) is 17.3 Å². The lowest BCUT2D eigenvalue weighted by atomic mass is 9.83. The van der Waals surface area contributed by atoms with Crippen LogP contribution in [0.2, 0.25) is 0 Å². The Bertz CT molecular complexity index is 1620. The SMILES string of the molecule is C=C[C@H]1[C@H](O[C@@H]2O[C@H](CO)[C@@H](O)C(O)(O)[C@H]2OC(C)C)OC=C(C(=O)O[C@@H]2CCC3(CCCC3)C2)[C@H]1/C=C/C1=C(NC(N)=NCCCO)C(C(=O)O)=C[NH+](CCO)C1. The number of esters is 1. The average Bonchev–Trinajstić information content (AvgIpc) is 3.82. The molecule has 3 aliphatic heterocycles. The summed E-state index contributed by atoms with van der Waals surface area (Å²) in [7, 11) is 0. The standard InChI is InChI=1S/C40H60N4O14/c1-4-26-27(9-8-24-19-44(15-17-46)20-28(34(49)50)31(24)43-38(41)42-14-7-16-45)29(35(51)56-25-10-13-39(18-25)11-5-6-12-39)22-54-36(26)58-37-33(55-23(2)3)40(52,53)32(48)30(21-47)57-37/h4,8-9,20,22-23,25-27,30,32-33,36-37,45-48,52-53H,1,5-7,10-19,21H2,2-3H3,(H,49,50)(H3,41,42,43)/p+1/b9-8+/t25-,26-,27+,30-,32-,33+,36+,37+/m1/s1. The first kappa shape index (κ1) is 45.4. The molecule has 1 unspecified atom stereocenters. The van der Waals surface area contributed by atoms with Gasteiger partial charge in [-0.15, -0.1) is 6.58 Å². The number of aliphatic imine (C=N–C) groups is 1. The number of guanidine groups is 1. The zero-order chi connectivity index (χ0) is 42.2. The highest BCUT2D eigenvalue weighted by atomic mass is 16.8. The number of allylic oxidation sites excluding steroid dienone is 1. The minimum Gasteiger partial charge on any atom is -0.477 e. The number of aliphatic carboxylic acids is 1. The number of nitrogens with zero attached hydrogens (tertiary/aromatic N) is 1. The second-order valence-corrected chi connectivity index (χ2v) is 16.0. The molecule has 5 aliphatic rings. The molecule has 0 aromatic rings. The zero-order valence-corrected chi connectivity index (χ0v) is 33.2. The largest absolute Gasteiger partial charge is 0.477 e. The fourth-order valence-electron chi connectivity index (χ4n) is 8.59. The van der Waals surface area contributed by atoms with Crippen molar-refractivity contribution in [3.8, 4) is 0 Å². The molecule has 58 heavy (non-hydrogen) atoms. The first-order valence-corrected chi connectivity index (χ1v) is 20.1. The van der Waals surface area contributed by atoms with Crippen LogP contribution in [0.4, 0.5) is 0 Å². The van der Waals surface area contributed by atoms with Gasteiger partial charge in [-0.25, -0.2) is 9.59 Å². The van der Waals surface area contributed by atoms with Gasteiger partial charge in [0.15, 0.2) is 18.4 Å². The summed E-state index contributed by atoms with van der Waals surface area (Å²) < 4.78 is 29.9. The number of nitrogens with two attached hydrogens (primary N) is 1. The predicted molar refractivity (Wildman–Crippen MR) is 206 cm³/mol. The molecule has 0 bridgehead atoms. The van der Waals surface area contributed by atoms with E-state index in [1.54, 1.807) is 26.0 Å². The van der Waals surface area contributed by atoms with E-state index in [9.17, 15) is 45.3 Å². The number of hydrogen-bond donors (Lipinski definition) is 10. The number of rotatable bonds is 17. The number of carboxylic acids is 1.